The average Bonchev–Trinajstić information content (AvgIpc) is 2.17. The zero-order valence-electron chi connectivity index (χ0n) is 8.77. The maximum atomic E-state index is 11.7. The molecule has 0 bridgehead atoms. The molecule has 0 aromatic heterocycles. The van der Waals surface area contributed by atoms with E-state index in [1.807, 2.05) is 0 Å². The maximum Gasteiger partial charge on any atom is 0.312 e. The highest BCUT2D eigenvalue weighted by atomic mass is 16.3. The van der Waals surface area contributed by atoms with E-state index in [1.165, 1.54) is 0 Å². The highest BCUT2D eigenvalue weighted by Crippen LogP contribution is 2.10. The minimum Gasteiger partial charge on any atom is -0.393 e. The molecule has 0 radical (unpaired) electrons. The quantitative estimate of drug-likeness (QED) is 0.552. The van der Waals surface area contributed by atoms with E-state index < -0.39 is 12.1 Å². The first-order chi connectivity index (χ1) is 7.00. The summed E-state index contributed by atoms with van der Waals surface area (Å²) in [6.45, 7) is 2.66. The van der Waals surface area contributed by atoms with Gasteiger partial charge >= 0.3 is 6.03 Å². The Morgan fingerprint density at radius 2 is 2.00 bits per heavy atom. The van der Waals surface area contributed by atoms with Crippen molar-refractivity contribution in [2.45, 2.75) is 31.9 Å². The molecule has 0 aliphatic carbocycles. The number of rotatable bonds is 2. The topological polar surface area (TPSA) is 95.7 Å². The molecule has 0 aromatic carbocycles. The number of likely N-dealkylation sites (tertiary alicyclic amines) is 1. The number of nitrogens with one attached hydrogen (secondary N) is 1. The van der Waals surface area contributed by atoms with E-state index in [-0.39, 0.29) is 12.0 Å². The number of carbonyl (C=O) groups is 2. The van der Waals surface area contributed by atoms with Crippen LogP contribution in [0.1, 0.15) is 19.8 Å². The molecule has 1 saturated heterocycles. The van der Waals surface area contributed by atoms with Crippen LogP contribution in [0.25, 0.3) is 0 Å². The van der Waals surface area contributed by atoms with Gasteiger partial charge in [0.1, 0.15) is 6.04 Å². The van der Waals surface area contributed by atoms with E-state index >= 15 is 0 Å². The minimum absolute atomic E-state index is 0.152. The fraction of sp³-hybridized carbons (Fsp3) is 0.778. The molecule has 15 heavy (non-hydrogen) atoms. The van der Waals surface area contributed by atoms with Crippen LogP contribution >= 0.6 is 0 Å². The van der Waals surface area contributed by atoms with Gasteiger partial charge < -0.3 is 21.1 Å². The molecule has 86 valence electrons. The van der Waals surface area contributed by atoms with Crippen molar-refractivity contribution in [3.63, 3.8) is 0 Å². The summed E-state index contributed by atoms with van der Waals surface area (Å²) in [7, 11) is 0. The number of urea groups is 1. The number of amides is 3. The van der Waals surface area contributed by atoms with Gasteiger partial charge in [-0.05, 0) is 19.8 Å². The summed E-state index contributed by atoms with van der Waals surface area (Å²) in [5.41, 5.74) is 4.92. The second-order valence-electron chi connectivity index (χ2n) is 3.79. The predicted molar refractivity (Wildman–Crippen MR) is 54.0 cm³/mol. The van der Waals surface area contributed by atoms with Gasteiger partial charge in [0.15, 0.2) is 0 Å². The van der Waals surface area contributed by atoms with E-state index in [0.717, 1.165) is 0 Å². The summed E-state index contributed by atoms with van der Waals surface area (Å²) in [5.74, 6) is -0.152. The van der Waals surface area contributed by atoms with Crippen LogP contribution in [-0.2, 0) is 4.79 Å². The molecule has 0 saturated carbocycles. The molecule has 0 spiro atoms. The van der Waals surface area contributed by atoms with Crippen molar-refractivity contribution in [1.82, 2.24) is 10.2 Å². The van der Waals surface area contributed by atoms with Crippen molar-refractivity contribution in [2.75, 3.05) is 13.1 Å². The van der Waals surface area contributed by atoms with Gasteiger partial charge in [0.2, 0.25) is 5.91 Å². The zero-order chi connectivity index (χ0) is 11.4. The number of hydrogen-bond acceptors (Lipinski definition) is 3. The minimum atomic E-state index is -0.701. The summed E-state index contributed by atoms with van der Waals surface area (Å²) in [4.78, 5) is 23.9. The van der Waals surface area contributed by atoms with Crippen LogP contribution in [0.15, 0.2) is 0 Å². The van der Waals surface area contributed by atoms with Crippen LogP contribution in [0, 0.1) is 0 Å². The third kappa shape index (κ3) is 3.39. The molecule has 1 aliphatic heterocycles. The van der Waals surface area contributed by atoms with Crippen LogP contribution in [0.4, 0.5) is 4.79 Å². The molecule has 3 amide bonds. The summed E-state index contributed by atoms with van der Waals surface area (Å²) in [6, 6.07) is -1.30. The van der Waals surface area contributed by atoms with Gasteiger partial charge in [0.25, 0.3) is 0 Å². The first kappa shape index (κ1) is 11.8. The lowest BCUT2D eigenvalue weighted by Gasteiger charge is -2.31. The van der Waals surface area contributed by atoms with Gasteiger partial charge in [-0.3, -0.25) is 4.79 Å². The second-order valence-corrected chi connectivity index (χ2v) is 3.79. The van der Waals surface area contributed by atoms with E-state index in [2.05, 4.69) is 5.32 Å². The van der Waals surface area contributed by atoms with E-state index in [0.29, 0.717) is 25.9 Å². The third-order valence-electron chi connectivity index (χ3n) is 2.51. The molecule has 1 unspecified atom stereocenters. The van der Waals surface area contributed by atoms with Crippen LogP contribution in [-0.4, -0.2) is 47.2 Å². The predicted octanol–water partition coefficient (Wildman–Crippen LogP) is -0.973. The summed E-state index contributed by atoms with van der Waals surface area (Å²) in [6.07, 6.45) is 0.873. The Labute approximate surface area is 88.4 Å². The Kier molecular flexibility index (Phi) is 3.90. The van der Waals surface area contributed by atoms with Crippen molar-refractivity contribution < 1.29 is 14.7 Å². The van der Waals surface area contributed by atoms with Gasteiger partial charge in [-0.15, -0.1) is 0 Å². The Bertz CT molecular complexity index is 249. The van der Waals surface area contributed by atoms with Gasteiger partial charge in [0.05, 0.1) is 6.10 Å². The average molecular weight is 215 g/mol. The Morgan fingerprint density at radius 1 is 1.47 bits per heavy atom. The lowest BCUT2D eigenvalue weighted by molar-refractivity contribution is -0.134. The monoisotopic (exact) mass is 215 g/mol. The zero-order valence-corrected chi connectivity index (χ0v) is 8.77. The number of primary amides is 1. The molecule has 4 N–H and O–H groups in total. The highest BCUT2D eigenvalue weighted by molar-refractivity contribution is 5.86. The fourth-order valence-electron chi connectivity index (χ4n) is 1.64. The summed E-state index contributed by atoms with van der Waals surface area (Å²) < 4.78 is 0. The lowest BCUT2D eigenvalue weighted by Crippen LogP contribution is -2.51. The molecular formula is C9H17N3O3. The first-order valence-corrected chi connectivity index (χ1v) is 5.03. The number of nitrogens with two attached hydrogens (primary N) is 1. The standard InChI is InChI=1S/C9H17N3O3/c1-6(11-9(10)15)8(14)12-4-2-7(13)3-5-12/h6-7,13H,2-5H2,1H3,(H3,10,11,15). The Morgan fingerprint density at radius 3 is 2.47 bits per heavy atom. The molecule has 6 heteroatoms. The second kappa shape index (κ2) is 4.97. The number of carbonyl (C=O) groups excluding carboxylic acids is 2. The number of piperidine rings is 1. The highest BCUT2D eigenvalue weighted by Gasteiger charge is 2.25. The fourth-order valence-corrected chi connectivity index (χ4v) is 1.64. The van der Waals surface area contributed by atoms with Gasteiger partial charge in [-0.2, -0.15) is 0 Å². The molecule has 0 aromatic rings. The number of nitrogens with zero attached hydrogens (tertiary/aromatic N) is 1. The van der Waals surface area contributed by atoms with Crippen LogP contribution in [0.5, 0.6) is 0 Å². The summed E-state index contributed by atoms with van der Waals surface area (Å²) >= 11 is 0. The number of aliphatic hydroxyl groups is 1. The smallest absolute Gasteiger partial charge is 0.312 e. The van der Waals surface area contributed by atoms with Crippen LogP contribution in [0.2, 0.25) is 0 Å². The third-order valence-corrected chi connectivity index (χ3v) is 2.51. The normalized spacial score (nSPS) is 19.7. The van der Waals surface area contributed by atoms with Gasteiger partial charge in [-0.1, -0.05) is 0 Å². The van der Waals surface area contributed by atoms with Crippen molar-refractivity contribution in [1.29, 1.82) is 0 Å². The molecule has 1 fully saturated rings. The van der Waals surface area contributed by atoms with E-state index in [1.54, 1.807) is 11.8 Å². The number of hydrogen-bond donors (Lipinski definition) is 3. The number of aliphatic hydroxyl groups excluding tert-OH is 1. The van der Waals surface area contributed by atoms with Crippen molar-refractivity contribution in [2.24, 2.45) is 5.73 Å². The van der Waals surface area contributed by atoms with Crippen LogP contribution in [0.3, 0.4) is 0 Å². The molecule has 6 nitrogen and oxygen atoms in total. The molecule has 1 rings (SSSR count). The molecule has 1 heterocycles. The van der Waals surface area contributed by atoms with Crippen molar-refractivity contribution >= 4 is 11.9 Å². The molecular weight excluding hydrogens is 198 g/mol. The van der Waals surface area contributed by atoms with E-state index in [4.69, 9.17) is 5.73 Å². The SMILES string of the molecule is CC(NC(N)=O)C(=O)N1CCC(O)CC1. The first-order valence-electron chi connectivity index (χ1n) is 5.03. The lowest BCUT2D eigenvalue weighted by atomic mass is 10.1. The Hall–Kier alpha value is -1.30. The van der Waals surface area contributed by atoms with Crippen molar-refractivity contribution in [3.05, 3.63) is 0 Å². The van der Waals surface area contributed by atoms with Gasteiger partial charge in [-0.25, -0.2) is 4.79 Å². The van der Waals surface area contributed by atoms with Crippen LogP contribution < -0.4 is 11.1 Å². The maximum absolute atomic E-state index is 11.7. The van der Waals surface area contributed by atoms with Gasteiger partial charge in [0, 0.05) is 13.1 Å². The Balaban J connectivity index is 2.42. The largest absolute Gasteiger partial charge is 0.393 e. The summed E-state index contributed by atoms with van der Waals surface area (Å²) in [5, 5.41) is 11.6. The van der Waals surface area contributed by atoms with Crippen molar-refractivity contribution in [3.8, 4) is 0 Å². The molecule has 1 atom stereocenters. The molecule has 1 aliphatic rings. The van der Waals surface area contributed by atoms with E-state index in [9.17, 15) is 14.7 Å².